The summed E-state index contributed by atoms with van der Waals surface area (Å²) in [6.45, 7) is 1.75. The molecule has 0 unspecified atom stereocenters. The van der Waals surface area contributed by atoms with Crippen LogP contribution in [0.4, 0.5) is 15.8 Å². The molecule has 0 fully saturated rings. The molecule has 0 heterocycles. The number of anilines is 2. The van der Waals surface area contributed by atoms with E-state index in [2.05, 4.69) is 5.32 Å². The number of aryl methyl sites for hydroxylation is 1. The average molecular weight is 269 g/mol. The Bertz CT molecular complexity index is 720. The molecule has 5 heteroatoms. The molecule has 20 heavy (non-hydrogen) atoms. The van der Waals surface area contributed by atoms with Crippen LogP contribution in [0.3, 0.4) is 0 Å². The van der Waals surface area contributed by atoms with E-state index in [0.717, 1.165) is 6.07 Å². The van der Waals surface area contributed by atoms with Crippen molar-refractivity contribution in [1.82, 2.24) is 0 Å². The Kier molecular flexibility index (Phi) is 3.67. The predicted molar refractivity (Wildman–Crippen MR) is 74.7 cm³/mol. The highest BCUT2D eigenvalue weighted by Crippen LogP contribution is 2.18. The zero-order valence-corrected chi connectivity index (χ0v) is 10.8. The number of halogens is 1. The van der Waals surface area contributed by atoms with E-state index in [1.165, 1.54) is 12.1 Å². The summed E-state index contributed by atoms with van der Waals surface area (Å²) in [5.41, 5.74) is 7.53. The van der Waals surface area contributed by atoms with E-state index in [0.29, 0.717) is 16.8 Å². The minimum Gasteiger partial charge on any atom is -0.399 e. The molecule has 1 amide bonds. The van der Waals surface area contributed by atoms with Crippen molar-refractivity contribution >= 4 is 17.3 Å². The maximum atomic E-state index is 13.7. The molecule has 0 saturated heterocycles. The Hall–Kier alpha value is -2.87. The molecule has 0 spiro atoms. The largest absolute Gasteiger partial charge is 0.399 e. The molecule has 0 aliphatic carbocycles. The number of rotatable bonds is 2. The highest BCUT2D eigenvalue weighted by atomic mass is 19.1. The van der Waals surface area contributed by atoms with Crippen molar-refractivity contribution in [2.24, 2.45) is 0 Å². The fraction of sp³-hybridized carbons (Fsp3) is 0.0667. The molecule has 0 aromatic heterocycles. The standard InChI is InChI=1S/C15H12FN3O/c1-9-6-11(18)3-4-12(9)15(20)19-14-5-2-10(8-17)7-13(14)16/h2-7H,18H2,1H3,(H,19,20). The highest BCUT2D eigenvalue weighted by Gasteiger charge is 2.12. The summed E-state index contributed by atoms with van der Waals surface area (Å²) in [6.07, 6.45) is 0. The van der Waals surface area contributed by atoms with Gasteiger partial charge < -0.3 is 11.1 Å². The van der Waals surface area contributed by atoms with E-state index < -0.39 is 11.7 Å². The Labute approximate surface area is 115 Å². The molecule has 0 radical (unpaired) electrons. The van der Waals surface area contributed by atoms with Gasteiger partial charge in [-0.25, -0.2) is 4.39 Å². The third-order valence-corrected chi connectivity index (χ3v) is 2.84. The third kappa shape index (κ3) is 2.75. The fourth-order valence-electron chi connectivity index (χ4n) is 1.82. The molecule has 2 aromatic carbocycles. The van der Waals surface area contributed by atoms with Gasteiger partial charge >= 0.3 is 0 Å². The zero-order chi connectivity index (χ0) is 14.7. The number of nitrogens with two attached hydrogens (primary N) is 1. The lowest BCUT2D eigenvalue weighted by molar-refractivity contribution is 0.102. The Morgan fingerprint density at radius 2 is 2.05 bits per heavy atom. The number of hydrogen-bond donors (Lipinski definition) is 2. The molecule has 0 bridgehead atoms. The summed E-state index contributed by atoms with van der Waals surface area (Å²) >= 11 is 0. The van der Waals surface area contributed by atoms with Crippen molar-refractivity contribution in [3.05, 3.63) is 58.9 Å². The van der Waals surface area contributed by atoms with E-state index in [9.17, 15) is 9.18 Å². The van der Waals surface area contributed by atoms with Gasteiger partial charge in [-0.3, -0.25) is 4.79 Å². The Morgan fingerprint density at radius 1 is 1.30 bits per heavy atom. The summed E-state index contributed by atoms with van der Waals surface area (Å²) in [4.78, 5) is 12.1. The topological polar surface area (TPSA) is 78.9 Å². The molecular weight excluding hydrogens is 257 g/mol. The first-order valence-electron chi connectivity index (χ1n) is 5.88. The molecule has 3 N–H and O–H groups in total. The van der Waals surface area contributed by atoms with Crippen LogP contribution in [-0.2, 0) is 0 Å². The molecule has 4 nitrogen and oxygen atoms in total. The second kappa shape index (κ2) is 5.41. The van der Waals surface area contributed by atoms with Crippen molar-refractivity contribution in [2.75, 3.05) is 11.1 Å². The summed E-state index contributed by atoms with van der Waals surface area (Å²) in [5, 5.41) is 11.1. The maximum absolute atomic E-state index is 13.7. The summed E-state index contributed by atoms with van der Waals surface area (Å²) in [7, 11) is 0. The lowest BCUT2D eigenvalue weighted by Crippen LogP contribution is -2.14. The van der Waals surface area contributed by atoms with Crippen LogP contribution in [0.25, 0.3) is 0 Å². The molecule has 0 atom stereocenters. The number of carbonyl (C=O) groups excluding carboxylic acids is 1. The zero-order valence-electron chi connectivity index (χ0n) is 10.8. The maximum Gasteiger partial charge on any atom is 0.256 e. The van der Waals surface area contributed by atoms with Crippen LogP contribution in [0.15, 0.2) is 36.4 Å². The van der Waals surface area contributed by atoms with Gasteiger partial charge in [-0.2, -0.15) is 5.26 Å². The van der Waals surface area contributed by atoms with Crippen LogP contribution in [0.1, 0.15) is 21.5 Å². The van der Waals surface area contributed by atoms with Crippen LogP contribution in [-0.4, -0.2) is 5.91 Å². The molecule has 0 aliphatic rings. The molecule has 0 saturated carbocycles. The molecule has 0 aliphatic heterocycles. The first-order chi connectivity index (χ1) is 9.51. The van der Waals surface area contributed by atoms with Crippen LogP contribution >= 0.6 is 0 Å². The van der Waals surface area contributed by atoms with E-state index in [1.54, 1.807) is 25.1 Å². The lowest BCUT2D eigenvalue weighted by Gasteiger charge is -2.09. The number of nitrogen functional groups attached to an aromatic ring is 1. The van der Waals surface area contributed by atoms with E-state index in [4.69, 9.17) is 11.0 Å². The van der Waals surface area contributed by atoms with Gasteiger partial charge in [0.15, 0.2) is 0 Å². The Balaban J connectivity index is 2.26. The smallest absolute Gasteiger partial charge is 0.256 e. The second-order valence-electron chi connectivity index (χ2n) is 4.33. The quantitative estimate of drug-likeness (QED) is 0.823. The van der Waals surface area contributed by atoms with Gasteiger partial charge in [-0.05, 0) is 48.9 Å². The number of hydrogen-bond acceptors (Lipinski definition) is 3. The first-order valence-corrected chi connectivity index (χ1v) is 5.88. The van der Waals surface area contributed by atoms with Gasteiger partial charge in [0.05, 0.1) is 17.3 Å². The van der Waals surface area contributed by atoms with E-state index in [1.807, 2.05) is 6.07 Å². The van der Waals surface area contributed by atoms with E-state index in [-0.39, 0.29) is 11.3 Å². The van der Waals surface area contributed by atoms with Crippen LogP contribution in [0.2, 0.25) is 0 Å². The molecule has 100 valence electrons. The van der Waals surface area contributed by atoms with Gasteiger partial charge in [0, 0.05) is 11.3 Å². The van der Waals surface area contributed by atoms with Crippen molar-refractivity contribution in [3.63, 3.8) is 0 Å². The fourth-order valence-corrected chi connectivity index (χ4v) is 1.82. The minimum absolute atomic E-state index is 0.0326. The lowest BCUT2D eigenvalue weighted by atomic mass is 10.1. The van der Waals surface area contributed by atoms with Gasteiger partial charge in [-0.1, -0.05) is 0 Å². The Morgan fingerprint density at radius 3 is 2.65 bits per heavy atom. The van der Waals surface area contributed by atoms with E-state index >= 15 is 0 Å². The van der Waals surface area contributed by atoms with Crippen molar-refractivity contribution in [2.45, 2.75) is 6.92 Å². The monoisotopic (exact) mass is 269 g/mol. The van der Waals surface area contributed by atoms with Gasteiger partial charge in [0.1, 0.15) is 5.82 Å². The van der Waals surface area contributed by atoms with Crippen molar-refractivity contribution in [1.29, 1.82) is 5.26 Å². The van der Waals surface area contributed by atoms with Crippen molar-refractivity contribution in [3.8, 4) is 6.07 Å². The predicted octanol–water partition coefficient (Wildman–Crippen LogP) is 2.84. The minimum atomic E-state index is -0.648. The molecular formula is C15H12FN3O. The van der Waals surface area contributed by atoms with Crippen LogP contribution in [0.5, 0.6) is 0 Å². The number of nitrogens with zero attached hydrogens (tertiary/aromatic N) is 1. The first kappa shape index (κ1) is 13.6. The second-order valence-corrected chi connectivity index (χ2v) is 4.33. The van der Waals surface area contributed by atoms with Gasteiger partial charge in [-0.15, -0.1) is 0 Å². The number of benzene rings is 2. The SMILES string of the molecule is Cc1cc(N)ccc1C(=O)Nc1ccc(C#N)cc1F. The molecule has 2 aromatic rings. The van der Waals surface area contributed by atoms with Gasteiger partial charge in [0.25, 0.3) is 5.91 Å². The number of nitriles is 1. The van der Waals surface area contributed by atoms with Gasteiger partial charge in [0.2, 0.25) is 0 Å². The summed E-state index contributed by atoms with van der Waals surface area (Å²) in [5.74, 6) is -1.07. The number of amides is 1. The van der Waals surface area contributed by atoms with Crippen LogP contribution < -0.4 is 11.1 Å². The summed E-state index contributed by atoms with van der Waals surface area (Å²) in [6, 6.07) is 10.6. The normalized spacial score (nSPS) is 9.85. The summed E-state index contributed by atoms with van der Waals surface area (Å²) < 4.78 is 13.7. The third-order valence-electron chi connectivity index (χ3n) is 2.84. The number of carbonyl (C=O) groups is 1. The van der Waals surface area contributed by atoms with Crippen LogP contribution in [0, 0.1) is 24.1 Å². The average Bonchev–Trinajstić information content (AvgIpc) is 2.40. The molecule has 2 rings (SSSR count). The number of nitrogens with one attached hydrogen (secondary N) is 1. The highest BCUT2D eigenvalue weighted by molar-refractivity contribution is 6.05. The van der Waals surface area contributed by atoms with Crippen molar-refractivity contribution < 1.29 is 9.18 Å².